The average molecular weight is 575 g/mol. The van der Waals surface area contributed by atoms with Crippen LogP contribution in [0.5, 0.6) is 0 Å². The van der Waals surface area contributed by atoms with Crippen LogP contribution in [0.15, 0.2) is 113 Å². The Morgan fingerprint density at radius 2 is 1.16 bits per heavy atom. The van der Waals surface area contributed by atoms with Crippen LogP contribution in [-0.4, -0.2) is 23.5 Å². The molecule has 0 atom stereocenters. The van der Waals surface area contributed by atoms with Crippen LogP contribution < -0.4 is 10.5 Å². The first-order valence-electron chi connectivity index (χ1n) is 11.5. The number of carbonyl (C=O) groups excluding carboxylic acids is 1. The molecular formula is C28H23BrN4O3S. The molecule has 1 aliphatic rings. The van der Waals surface area contributed by atoms with Gasteiger partial charge < -0.3 is 9.13 Å². The van der Waals surface area contributed by atoms with Crippen molar-refractivity contribution in [2.24, 2.45) is 0 Å². The summed E-state index contributed by atoms with van der Waals surface area (Å²) in [7, 11) is -3.76. The molecule has 0 spiro atoms. The van der Waals surface area contributed by atoms with Crippen molar-refractivity contribution in [3.05, 3.63) is 114 Å². The van der Waals surface area contributed by atoms with Crippen molar-refractivity contribution < 1.29 is 13.2 Å². The summed E-state index contributed by atoms with van der Waals surface area (Å²) < 4.78 is 30.1. The van der Waals surface area contributed by atoms with Crippen LogP contribution in [0, 0.1) is 5.41 Å². The Morgan fingerprint density at radius 3 is 1.76 bits per heavy atom. The predicted octanol–water partition coefficient (Wildman–Crippen LogP) is 5.06. The summed E-state index contributed by atoms with van der Waals surface area (Å²) in [6.45, 7) is 0.374. The van der Waals surface area contributed by atoms with E-state index in [9.17, 15) is 13.2 Å². The lowest BCUT2D eigenvalue weighted by Crippen LogP contribution is -2.37. The minimum absolute atomic E-state index is 0. The lowest BCUT2D eigenvalue weighted by atomic mass is 10.2. The second-order valence-electron chi connectivity index (χ2n) is 8.64. The summed E-state index contributed by atoms with van der Waals surface area (Å²) in [5.41, 5.74) is 3.50. The van der Waals surface area contributed by atoms with Gasteiger partial charge in [0.2, 0.25) is 15.5 Å². The normalized spacial score (nSPS) is 13.5. The van der Waals surface area contributed by atoms with Crippen LogP contribution >= 0.6 is 17.0 Å². The van der Waals surface area contributed by atoms with E-state index in [2.05, 4.69) is 0 Å². The Morgan fingerprint density at radius 1 is 0.676 bits per heavy atom. The topological polar surface area (TPSA) is 88.2 Å². The van der Waals surface area contributed by atoms with Gasteiger partial charge in [-0.1, -0.05) is 66.7 Å². The van der Waals surface area contributed by atoms with Gasteiger partial charge in [-0.3, -0.25) is 15.1 Å². The number of hydrogen-bond donors (Lipinski definition) is 1. The number of benzene rings is 4. The second kappa shape index (κ2) is 9.49. The Labute approximate surface area is 224 Å². The van der Waals surface area contributed by atoms with Crippen molar-refractivity contribution in [3.8, 4) is 0 Å². The fourth-order valence-corrected chi connectivity index (χ4v) is 6.46. The highest BCUT2D eigenvalue weighted by atomic mass is 79.9. The van der Waals surface area contributed by atoms with Gasteiger partial charge in [0, 0.05) is 0 Å². The monoisotopic (exact) mass is 574 g/mol. The molecule has 0 saturated carbocycles. The fraction of sp³-hybridized carbons (Fsp3) is 0.0714. The predicted molar refractivity (Wildman–Crippen MR) is 147 cm³/mol. The Kier molecular flexibility index (Phi) is 6.35. The Bertz CT molecular complexity index is 1760. The zero-order valence-electron chi connectivity index (χ0n) is 19.6. The molecule has 186 valence electrons. The van der Waals surface area contributed by atoms with Crippen LogP contribution in [0.25, 0.3) is 11.0 Å². The first kappa shape index (κ1) is 24.7. The summed E-state index contributed by atoms with van der Waals surface area (Å²) >= 11 is 0. The average Bonchev–Trinajstić information content (AvgIpc) is 3.15. The lowest BCUT2D eigenvalue weighted by Gasteiger charge is -2.31. The van der Waals surface area contributed by atoms with E-state index < -0.39 is 9.84 Å². The van der Waals surface area contributed by atoms with Crippen LogP contribution in [0.4, 0.5) is 11.4 Å². The zero-order valence-corrected chi connectivity index (χ0v) is 22.1. The SMILES string of the molecule is Br.N=c1n(CC(=O)N2c3ccccc3S(=O)(=O)c3ccccc32)c2ccccc2n1Cc1ccccc1. The number of anilines is 2. The maximum absolute atomic E-state index is 13.9. The number of halogens is 1. The standard InChI is InChI=1S/C28H22N4O3S.BrH/c29-28-30(18-20-10-2-1-3-11-20)21-12-4-5-13-22(21)31(28)19-27(33)32-23-14-6-8-16-25(23)36(34,35)26-17-9-7-15-24(26)32;/h1-17,29H,18-19H2;1H. The molecule has 1 amide bonds. The molecule has 0 unspecified atom stereocenters. The quantitative estimate of drug-likeness (QED) is 0.325. The number of nitrogens with zero attached hydrogens (tertiary/aromatic N) is 3. The number of hydrogen-bond acceptors (Lipinski definition) is 4. The molecule has 0 saturated heterocycles. The van der Waals surface area contributed by atoms with Crippen molar-refractivity contribution in [2.45, 2.75) is 22.9 Å². The van der Waals surface area contributed by atoms with E-state index in [1.54, 1.807) is 41.0 Å². The van der Waals surface area contributed by atoms with Crippen molar-refractivity contribution in [1.29, 1.82) is 5.41 Å². The van der Waals surface area contributed by atoms with Crippen molar-refractivity contribution in [2.75, 3.05) is 4.90 Å². The van der Waals surface area contributed by atoms with Gasteiger partial charge in [0.25, 0.3) is 5.91 Å². The molecule has 7 nitrogen and oxygen atoms in total. The number of fused-ring (bicyclic) bond motifs is 3. The number of imidazole rings is 1. The van der Waals surface area contributed by atoms with Crippen LogP contribution in [0.3, 0.4) is 0 Å². The van der Waals surface area contributed by atoms with E-state index in [0.29, 0.717) is 17.9 Å². The van der Waals surface area contributed by atoms with E-state index in [4.69, 9.17) is 5.41 Å². The molecule has 37 heavy (non-hydrogen) atoms. The first-order chi connectivity index (χ1) is 17.5. The number of nitrogens with one attached hydrogen (secondary N) is 1. The maximum Gasteiger partial charge on any atom is 0.251 e. The van der Waals surface area contributed by atoms with Gasteiger partial charge in [0.15, 0.2) is 0 Å². The highest BCUT2D eigenvalue weighted by Gasteiger charge is 2.36. The number of sulfone groups is 1. The van der Waals surface area contributed by atoms with Crippen LogP contribution in [0.2, 0.25) is 0 Å². The summed E-state index contributed by atoms with van der Waals surface area (Å²) in [5.74, 6) is -0.328. The minimum atomic E-state index is -3.76. The van der Waals surface area contributed by atoms with Gasteiger partial charge >= 0.3 is 0 Å². The van der Waals surface area contributed by atoms with Crippen LogP contribution in [0.1, 0.15) is 5.56 Å². The summed E-state index contributed by atoms with van der Waals surface area (Å²) in [6, 6.07) is 30.6. The largest absolute Gasteiger partial charge is 0.306 e. The molecule has 2 heterocycles. The lowest BCUT2D eigenvalue weighted by molar-refractivity contribution is -0.118. The molecule has 6 rings (SSSR count). The van der Waals surface area contributed by atoms with Crippen molar-refractivity contribution in [1.82, 2.24) is 9.13 Å². The molecule has 4 aromatic carbocycles. The van der Waals surface area contributed by atoms with E-state index in [1.165, 1.54) is 17.0 Å². The van der Waals surface area contributed by atoms with E-state index in [-0.39, 0.29) is 44.8 Å². The molecule has 0 radical (unpaired) electrons. The summed E-state index contributed by atoms with van der Waals surface area (Å²) in [4.78, 5) is 15.5. The third kappa shape index (κ3) is 4.00. The third-order valence-corrected chi connectivity index (χ3v) is 8.34. The van der Waals surface area contributed by atoms with Gasteiger partial charge in [0.05, 0.1) is 38.7 Å². The zero-order chi connectivity index (χ0) is 24.9. The first-order valence-corrected chi connectivity index (χ1v) is 13.0. The molecule has 0 bridgehead atoms. The molecule has 1 aromatic heterocycles. The number of amides is 1. The molecular weight excluding hydrogens is 552 g/mol. The van der Waals surface area contributed by atoms with Gasteiger partial charge in [-0.25, -0.2) is 8.42 Å². The second-order valence-corrected chi connectivity index (χ2v) is 10.5. The van der Waals surface area contributed by atoms with Gasteiger partial charge in [-0.2, -0.15) is 0 Å². The summed E-state index contributed by atoms with van der Waals surface area (Å²) in [6.07, 6.45) is 0. The molecule has 9 heteroatoms. The Balaban J connectivity index is 0.00000280. The number of para-hydroxylation sites is 4. The number of rotatable bonds is 4. The minimum Gasteiger partial charge on any atom is -0.306 e. The highest BCUT2D eigenvalue weighted by molar-refractivity contribution is 8.93. The van der Waals surface area contributed by atoms with Crippen molar-refractivity contribution in [3.63, 3.8) is 0 Å². The third-order valence-electron chi connectivity index (χ3n) is 6.49. The van der Waals surface area contributed by atoms with Gasteiger partial charge in [-0.15, -0.1) is 17.0 Å². The van der Waals surface area contributed by atoms with Gasteiger partial charge in [-0.05, 0) is 42.0 Å². The molecule has 1 aliphatic heterocycles. The Hall–Kier alpha value is -3.95. The fourth-order valence-electron chi connectivity index (χ4n) is 4.84. The summed E-state index contributed by atoms with van der Waals surface area (Å²) in [5, 5.41) is 8.94. The highest BCUT2D eigenvalue weighted by Crippen LogP contribution is 2.43. The van der Waals surface area contributed by atoms with E-state index >= 15 is 0 Å². The molecule has 0 fully saturated rings. The number of carbonyl (C=O) groups is 1. The smallest absolute Gasteiger partial charge is 0.251 e. The van der Waals surface area contributed by atoms with Crippen LogP contribution in [-0.2, 0) is 27.7 Å². The molecule has 1 N–H and O–H groups in total. The van der Waals surface area contributed by atoms with Crippen molar-refractivity contribution >= 4 is 55.1 Å². The number of aromatic nitrogens is 2. The van der Waals surface area contributed by atoms with E-state index in [1.807, 2.05) is 59.2 Å². The van der Waals surface area contributed by atoms with E-state index in [0.717, 1.165) is 16.6 Å². The molecule has 5 aromatic rings. The maximum atomic E-state index is 13.9. The van der Waals surface area contributed by atoms with Gasteiger partial charge in [0.1, 0.15) is 6.54 Å². The molecule has 0 aliphatic carbocycles.